The molecule has 0 fully saturated rings. The fourth-order valence-electron chi connectivity index (χ4n) is 3.12. The van der Waals surface area contributed by atoms with E-state index in [1.54, 1.807) is 27.9 Å². The number of aryl methyl sites for hydroxylation is 2. The first-order valence-corrected chi connectivity index (χ1v) is 10.9. The van der Waals surface area contributed by atoms with E-state index in [9.17, 15) is 9.59 Å². The average molecular weight is 433 g/mol. The van der Waals surface area contributed by atoms with Crippen molar-refractivity contribution in [1.29, 1.82) is 0 Å². The van der Waals surface area contributed by atoms with Gasteiger partial charge < -0.3 is 14.5 Å². The summed E-state index contributed by atoms with van der Waals surface area (Å²) in [7, 11) is 1.64. The minimum Gasteiger partial charge on any atom is -0.496 e. The maximum atomic E-state index is 13.0. The molecule has 0 amide bonds. The highest BCUT2D eigenvalue weighted by atomic mass is 32.2. The van der Waals surface area contributed by atoms with Gasteiger partial charge in [-0.25, -0.2) is 4.98 Å². The summed E-state index contributed by atoms with van der Waals surface area (Å²) < 4.78 is 9.60. The van der Waals surface area contributed by atoms with Gasteiger partial charge in [0, 0.05) is 10.4 Å². The number of nitrogens with one attached hydrogen (secondary N) is 1. The molecule has 3 aromatic rings. The van der Waals surface area contributed by atoms with Gasteiger partial charge in [0.2, 0.25) is 0 Å². The van der Waals surface area contributed by atoms with Crippen molar-refractivity contribution in [1.82, 2.24) is 9.97 Å². The number of hydrogen-bond acceptors (Lipinski definition) is 7. The number of carbonyl (C=O) groups excluding carboxylic acids is 1. The SMILES string of the molecule is CCOC(=O)C(C)(C)Sc1nc2sc(C)c(-c3ccc(OC)c(C)c3)c2c(=O)[nH]1. The Labute approximate surface area is 177 Å². The molecule has 0 unspecified atom stereocenters. The van der Waals surface area contributed by atoms with Gasteiger partial charge in [-0.1, -0.05) is 17.8 Å². The molecule has 2 aromatic heterocycles. The highest BCUT2D eigenvalue weighted by Crippen LogP contribution is 2.38. The van der Waals surface area contributed by atoms with Crippen LogP contribution in [0, 0.1) is 13.8 Å². The number of methoxy groups -OCH3 is 1. The van der Waals surface area contributed by atoms with Crippen LogP contribution in [0.2, 0.25) is 0 Å². The fraction of sp³-hybridized carbons (Fsp3) is 0.381. The van der Waals surface area contributed by atoms with Gasteiger partial charge in [-0.3, -0.25) is 9.59 Å². The van der Waals surface area contributed by atoms with Crippen molar-refractivity contribution in [2.24, 2.45) is 0 Å². The zero-order valence-electron chi connectivity index (χ0n) is 17.3. The highest BCUT2D eigenvalue weighted by molar-refractivity contribution is 8.01. The van der Waals surface area contributed by atoms with Crippen molar-refractivity contribution in [3.63, 3.8) is 0 Å². The van der Waals surface area contributed by atoms with Crippen molar-refractivity contribution < 1.29 is 14.3 Å². The van der Waals surface area contributed by atoms with Crippen molar-refractivity contribution in [2.75, 3.05) is 13.7 Å². The number of H-pyrrole nitrogens is 1. The molecule has 0 bridgehead atoms. The molecule has 2 heterocycles. The maximum Gasteiger partial charge on any atom is 0.322 e. The Balaban J connectivity index is 2.07. The summed E-state index contributed by atoms with van der Waals surface area (Å²) in [4.78, 5) is 34.2. The van der Waals surface area contributed by atoms with Gasteiger partial charge in [0.15, 0.2) is 5.16 Å². The molecule has 0 saturated heterocycles. The lowest BCUT2D eigenvalue weighted by Crippen LogP contribution is -2.30. The van der Waals surface area contributed by atoms with Gasteiger partial charge in [-0.15, -0.1) is 11.3 Å². The lowest BCUT2D eigenvalue weighted by atomic mass is 10.0. The Morgan fingerprint density at radius 3 is 2.66 bits per heavy atom. The van der Waals surface area contributed by atoms with E-state index >= 15 is 0 Å². The van der Waals surface area contributed by atoms with Crippen LogP contribution in [0.5, 0.6) is 5.75 Å². The number of aromatic nitrogens is 2. The van der Waals surface area contributed by atoms with Crippen LogP contribution in [0.15, 0.2) is 28.2 Å². The predicted molar refractivity (Wildman–Crippen MR) is 118 cm³/mol. The number of esters is 1. The molecule has 1 N–H and O–H groups in total. The van der Waals surface area contributed by atoms with Gasteiger partial charge in [-0.2, -0.15) is 0 Å². The topological polar surface area (TPSA) is 81.3 Å². The van der Waals surface area contributed by atoms with Crippen molar-refractivity contribution in [2.45, 2.75) is 44.5 Å². The van der Waals surface area contributed by atoms with Gasteiger partial charge in [0.25, 0.3) is 5.56 Å². The number of ether oxygens (including phenoxy) is 2. The monoisotopic (exact) mass is 432 g/mol. The molecule has 0 radical (unpaired) electrons. The van der Waals surface area contributed by atoms with Crippen molar-refractivity contribution in [3.8, 4) is 16.9 Å². The Bertz CT molecular complexity index is 1130. The second-order valence-corrected chi connectivity index (χ2v) is 9.92. The van der Waals surface area contributed by atoms with Gasteiger partial charge >= 0.3 is 5.97 Å². The number of carbonyl (C=O) groups is 1. The summed E-state index contributed by atoms with van der Waals surface area (Å²) >= 11 is 2.66. The molecule has 8 heteroatoms. The van der Waals surface area contributed by atoms with Crippen LogP contribution in [-0.4, -0.2) is 34.4 Å². The molecule has 0 aliphatic carbocycles. The van der Waals surface area contributed by atoms with Crippen LogP contribution in [0.3, 0.4) is 0 Å². The van der Waals surface area contributed by atoms with Gasteiger partial charge in [-0.05, 0) is 57.9 Å². The van der Waals surface area contributed by atoms with Gasteiger partial charge in [0.05, 0.1) is 19.1 Å². The van der Waals surface area contributed by atoms with E-state index in [-0.39, 0.29) is 11.5 Å². The third kappa shape index (κ3) is 4.18. The Kier molecular flexibility index (Phi) is 6.05. The zero-order valence-corrected chi connectivity index (χ0v) is 19.0. The normalized spacial score (nSPS) is 11.7. The highest BCUT2D eigenvalue weighted by Gasteiger charge is 2.32. The largest absolute Gasteiger partial charge is 0.496 e. The fourth-order valence-corrected chi connectivity index (χ4v) is 5.13. The van der Waals surface area contributed by atoms with Crippen LogP contribution >= 0.6 is 23.1 Å². The molecule has 1 aromatic carbocycles. The Morgan fingerprint density at radius 1 is 1.31 bits per heavy atom. The van der Waals surface area contributed by atoms with Crippen LogP contribution in [0.1, 0.15) is 31.2 Å². The molecule has 3 rings (SSSR count). The van der Waals surface area contributed by atoms with E-state index in [0.29, 0.717) is 22.0 Å². The van der Waals surface area contributed by atoms with Crippen LogP contribution < -0.4 is 10.3 Å². The Morgan fingerprint density at radius 2 is 2.03 bits per heavy atom. The lowest BCUT2D eigenvalue weighted by molar-refractivity contribution is -0.145. The van der Waals surface area contributed by atoms with E-state index in [0.717, 1.165) is 27.3 Å². The number of benzene rings is 1. The lowest BCUT2D eigenvalue weighted by Gasteiger charge is -2.20. The smallest absolute Gasteiger partial charge is 0.322 e. The summed E-state index contributed by atoms with van der Waals surface area (Å²) in [6.45, 7) is 9.54. The van der Waals surface area contributed by atoms with Crippen LogP contribution in [0.25, 0.3) is 21.3 Å². The van der Waals surface area contributed by atoms with Crippen LogP contribution in [0.4, 0.5) is 0 Å². The van der Waals surface area contributed by atoms with E-state index < -0.39 is 4.75 Å². The summed E-state index contributed by atoms with van der Waals surface area (Å²) in [5.41, 5.74) is 2.61. The van der Waals surface area contributed by atoms with E-state index in [4.69, 9.17) is 9.47 Å². The molecule has 0 spiro atoms. The first-order valence-electron chi connectivity index (χ1n) is 9.22. The quantitative estimate of drug-likeness (QED) is 0.345. The summed E-state index contributed by atoms with van der Waals surface area (Å²) in [5.74, 6) is 0.461. The minimum atomic E-state index is -0.859. The van der Waals surface area contributed by atoms with E-state index in [1.807, 2.05) is 32.0 Å². The predicted octanol–water partition coefficient (Wildman–Crippen LogP) is 4.71. The third-order valence-corrected chi connectivity index (χ3v) is 6.58. The minimum absolute atomic E-state index is 0.218. The summed E-state index contributed by atoms with van der Waals surface area (Å²) in [5, 5.41) is 0.967. The van der Waals surface area contributed by atoms with Crippen LogP contribution in [-0.2, 0) is 9.53 Å². The van der Waals surface area contributed by atoms with Gasteiger partial charge in [0.1, 0.15) is 15.3 Å². The summed E-state index contributed by atoms with van der Waals surface area (Å²) in [6.07, 6.45) is 0. The van der Waals surface area contributed by atoms with Crippen molar-refractivity contribution in [3.05, 3.63) is 39.0 Å². The third-order valence-electron chi connectivity index (χ3n) is 4.52. The number of thiophene rings is 1. The molecular weight excluding hydrogens is 408 g/mol. The standard InChI is InChI=1S/C21H24N2O4S2/c1-7-27-19(25)21(4,5)29-20-22-17(24)16-15(12(3)28-18(16)23-20)13-8-9-14(26-6)11(2)10-13/h8-10H,7H2,1-6H3,(H,22,23,24). The number of hydrogen-bond donors (Lipinski definition) is 1. The zero-order chi connectivity index (χ0) is 21.3. The number of aromatic amines is 1. The summed E-state index contributed by atoms with van der Waals surface area (Å²) in [6, 6.07) is 5.87. The first-order chi connectivity index (χ1) is 13.7. The molecule has 0 atom stereocenters. The molecule has 0 aliphatic rings. The van der Waals surface area contributed by atoms with E-state index in [1.165, 1.54) is 23.1 Å². The Hall–Kier alpha value is -2.32. The van der Waals surface area contributed by atoms with Crippen molar-refractivity contribution >= 4 is 39.3 Å². The molecule has 0 aliphatic heterocycles. The molecular formula is C21H24N2O4S2. The average Bonchev–Trinajstić information content (AvgIpc) is 2.97. The molecule has 154 valence electrons. The molecule has 0 saturated carbocycles. The number of rotatable bonds is 6. The number of fused-ring (bicyclic) bond motifs is 1. The number of nitrogens with zero attached hydrogens (tertiary/aromatic N) is 1. The maximum absolute atomic E-state index is 13.0. The molecule has 29 heavy (non-hydrogen) atoms. The second-order valence-electron chi connectivity index (χ2n) is 7.10. The second kappa shape index (κ2) is 8.20. The number of thioether (sulfide) groups is 1. The first kappa shape index (κ1) is 21.4. The van der Waals surface area contributed by atoms with E-state index in [2.05, 4.69) is 9.97 Å². The molecule has 6 nitrogen and oxygen atoms in total.